The molecule has 0 spiro atoms. The molecule has 158 valence electrons. The molecule has 1 aliphatic carbocycles. The van der Waals surface area contributed by atoms with Crippen molar-refractivity contribution in [2.24, 2.45) is 11.8 Å². The van der Waals surface area contributed by atoms with Crippen LogP contribution in [-0.2, 0) is 6.42 Å². The van der Waals surface area contributed by atoms with Crippen LogP contribution in [0, 0.1) is 11.8 Å². The van der Waals surface area contributed by atoms with Crippen molar-refractivity contribution >= 4 is 0 Å². The number of hydrogen-bond donors (Lipinski definition) is 0. The van der Waals surface area contributed by atoms with E-state index in [2.05, 4.69) is 48.3 Å². The van der Waals surface area contributed by atoms with E-state index in [9.17, 15) is 0 Å². The average molecular weight is 395 g/mol. The zero-order chi connectivity index (χ0) is 20.3. The van der Waals surface area contributed by atoms with Gasteiger partial charge in [0.1, 0.15) is 0 Å². The lowest BCUT2D eigenvalue weighted by Crippen LogP contribution is -2.15. The van der Waals surface area contributed by atoms with E-state index in [1.165, 1.54) is 69.8 Å². The van der Waals surface area contributed by atoms with Gasteiger partial charge in [0.05, 0.1) is 12.3 Å². The standard InChI is InChI=1S/C26H38N2O/c1-3-5-6-20-29-26-19-18-25(27-28-26)24-16-14-23(15-17-24)13-12-22-10-8-21(7-4-2)9-11-22/h14-19,21-22H,3-13,20H2,1-2H3/t21-,22-. The maximum absolute atomic E-state index is 5.65. The largest absolute Gasteiger partial charge is 0.477 e. The first kappa shape index (κ1) is 21.8. The number of ether oxygens (including phenoxy) is 1. The van der Waals surface area contributed by atoms with Gasteiger partial charge >= 0.3 is 0 Å². The first-order valence-corrected chi connectivity index (χ1v) is 11.8. The SMILES string of the molecule is CCCCCOc1ccc(-c2ccc(CC[C@H]3CC[C@H](CCC)CC3)cc2)nn1. The van der Waals surface area contributed by atoms with Crippen molar-refractivity contribution in [3.05, 3.63) is 42.0 Å². The topological polar surface area (TPSA) is 35.0 Å². The highest BCUT2D eigenvalue weighted by Gasteiger charge is 2.20. The summed E-state index contributed by atoms with van der Waals surface area (Å²) in [6, 6.07) is 12.8. The first-order valence-electron chi connectivity index (χ1n) is 11.8. The quantitative estimate of drug-likeness (QED) is 0.376. The lowest BCUT2D eigenvalue weighted by molar-refractivity contribution is 0.252. The Bertz CT molecular complexity index is 688. The van der Waals surface area contributed by atoms with Gasteiger partial charge in [-0.15, -0.1) is 10.2 Å². The van der Waals surface area contributed by atoms with Crippen LogP contribution in [0.4, 0.5) is 0 Å². The molecular formula is C26H38N2O. The van der Waals surface area contributed by atoms with Crippen LogP contribution in [0.3, 0.4) is 0 Å². The summed E-state index contributed by atoms with van der Waals surface area (Å²) in [4.78, 5) is 0. The van der Waals surface area contributed by atoms with E-state index in [1.54, 1.807) is 0 Å². The Balaban J connectivity index is 1.44. The Morgan fingerprint density at radius 3 is 2.14 bits per heavy atom. The molecule has 3 heteroatoms. The molecule has 1 aromatic carbocycles. The summed E-state index contributed by atoms with van der Waals surface area (Å²) >= 11 is 0. The van der Waals surface area contributed by atoms with Gasteiger partial charge in [-0.2, -0.15) is 0 Å². The summed E-state index contributed by atoms with van der Waals surface area (Å²) in [5.41, 5.74) is 3.47. The molecule has 3 rings (SSSR count). The Morgan fingerprint density at radius 1 is 0.793 bits per heavy atom. The van der Waals surface area contributed by atoms with Crippen molar-refractivity contribution in [1.82, 2.24) is 10.2 Å². The van der Waals surface area contributed by atoms with Crippen LogP contribution in [-0.4, -0.2) is 16.8 Å². The van der Waals surface area contributed by atoms with Crippen molar-refractivity contribution in [2.75, 3.05) is 6.61 Å². The van der Waals surface area contributed by atoms with E-state index in [0.717, 1.165) is 36.1 Å². The molecule has 0 radical (unpaired) electrons. The molecule has 0 atom stereocenters. The fraction of sp³-hybridized carbons (Fsp3) is 0.615. The van der Waals surface area contributed by atoms with E-state index >= 15 is 0 Å². The Hall–Kier alpha value is -1.90. The van der Waals surface area contributed by atoms with Gasteiger partial charge in [-0.3, -0.25) is 0 Å². The summed E-state index contributed by atoms with van der Waals surface area (Å²) in [6.45, 7) is 5.23. The number of benzene rings is 1. The smallest absolute Gasteiger partial charge is 0.233 e. The molecule has 0 bridgehead atoms. The van der Waals surface area contributed by atoms with E-state index in [1.807, 2.05) is 12.1 Å². The summed E-state index contributed by atoms with van der Waals surface area (Å²) in [5.74, 6) is 2.55. The normalized spacial score (nSPS) is 19.2. The average Bonchev–Trinajstić information content (AvgIpc) is 2.77. The van der Waals surface area contributed by atoms with Crippen molar-refractivity contribution in [2.45, 2.75) is 84.5 Å². The molecule has 0 unspecified atom stereocenters. The van der Waals surface area contributed by atoms with Crippen LogP contribution in [0.5, 0.6) is 5.88 Å². The number of unbranched alkanes of at least 4 members (excludes halogenated alkanes) is 2. The molecule has 0 N–H and O–H groups in total. The number of nitrogens with zero attached hydrogens (tertiary/aromatic N) is 2. The van der Waals surface area contributed by atoms with Gasteiger partial charge in [-0.25, -0.2) is 0 Å². The fourth-order valence-corrected chi connectivity index (χ4v) is 4.51. The van der Waals surface area contributed by atoms with Crippen LogP contribution in [0.2, 0.25) is 0 Å². The van der Waals surface area contributed by atoms with Crippen LogP contribution in [0.15, 0.2) is 36.4 Å². The van der Waals surface area contributed by atoms with Crippen LogP contribution in [0.1, 0.15) is 83.6 Å². The number of hydrogen-bond acceptors (Lipinski definition) is 3. The fourth-order valence-electron chi connectivity index (χ4n) is 4.51. The summed E-state index contributed by atoms with van der Waals surface area (Å²) in [5, 5.41) is 8.56. The molecule has 0 saturated heterocycles. The van der Waals surface area contributed by atoms with Crippen molar-refractivity contribution in [1.29, 1.82) is 0 Å². The zero-order valence-electron chi connectivity index (χ0n) is 18.4. The van der Waals surface area contributed by atoms with Gasteiger partial charge in [0.15, 0.2) is 0 Å². The number of aromatic nitrogens is 2. The second-order valence-electron chi connectivity index (χ2n) is 8.72. The van der Waals surface area contributed by atoms with E-state index < -0.39 is 0 Å². The van der Waals surface area contributed by atoms with Crippen molar-refractivity contribution in [3.8, 4) is 17.1 Å². The van der Waals surface area contributed by atoms with Crippen molar-refractivity contribution in [3.63, 3.8) is 0 Å². The summed E-state index contributed by atoms with van der Waals surface area (Å²) < 4.78 is 5.65. The maximum Gasteiger partial charge on any atom is 0.233 e. The van der Waals surface area contributed by atoms with Crippen molar-refractivity contribution < 1.29 is 4.74 Å². The Labute approximate surface area is 177 Å². The van der Waals surface area contributed by atoms with E-state index in [4.69, 9.17) is 4.74 Å². The monoisotopic (exact) mass is 394 g/mol. The van der Waals surface area contributed by atoms with Crippen LogP contribution >= 0.6 is 0 Å². The van der Waals surface area contributed by atoms with E-state index in [0.29, 0.717) is 5.88 Å². The molecular weight excluding hydrogens is 356 g/mol. The Kier molecular flexibility index (Phi) is 8.98. The zero-order valence-corrected chi connectivity index (χ0v) is 18.4. The highest BCUT2D eigenvalue weighted by molar-refractivity contribution is 5.59. The van der Waals surface area contributed by atoms with Gasteiger partial charge in [-0.05, 0) is 42.7 Å². The minimum absolute atomic E-state index is 0.620. The summed E-state index contributed by atoms with van der Waals surface area (Å²) in [6.07, 6.45) is 14.5. The second-order valence-corrected chi connectivity index (χ2v) is 8.72. The molecule has 1 fully saturated rings. The first-order chi connectivity index (χ1) is 14.3. The molecule has 0 aliphatic heterocycles. The maximum atomic E-state index is 5.65. The minimum Gasteiger partial charge on any atom is -0.477 e. The molecule has 29 heavy (non-hydrogen) atoms. The van der Waals surface area contributed by atoms with E-state index in [-0.39, 0.29) is 0 Å². The van der Waals surface area contributed by atoms with Gasteiger partial charge < -0.3 is 4.74 Å². The third-order valence-corrected chi connectivity index (χ3v) is 6.39. The highest BCUT2D eigenvalue weighted by atomic mass is 16.5. The van der Waals surface area contributed by atoms with Gasteiger partial charge in [0, 0.05) is 11.6 Å². The molecule has 1 heterocycles. The van der Waals surface area contributed by atoms with Crippen LogP contribution < -0.4 is 4.74 Å². The molecule has 1 aromatic heterocycles. The lowest BCUT2D eigenvalue weighted by atomic mass is 9.78. The van der Waals surface area contributed by atoms with Gasteiger partial charge in [-0.1, -0.05) is 89.5 Å². The molecule has 2 aromatic rings. The van der Waals surface area contributed by atoms with Crippen LogP contribution in [0.25, 0.3) is 11.3 Å². The Morgan fingerprint density at radius 2 is 1.52 bits per heavy atom. The minimum atomic E-state index is 0.620. The third kappa shape index (κ3) is 7.13. The third-order valence-electron chi connectivity index (χ3n) is 6.39. The predicted octanol–water partition coefficient (Wildman–Crippen LogP) is 7.25. The molecule has 0 amide bonds. The molecule has 1 saturated carbocycles. The number of aryl methyl sites for hydroxylation is 1. The summed E-state index contributed by atoms with van der Waals surface area (Å²) in [7, 11) is 0. The molecule has 3 nitrogen and oxygen atoms in total. The highest BCUT2D eigenvalue weighted by Crippen LogP contribution is 2.34. The second kappa shape index (κ2) is 11.9. The van der Waals surface area contributed by atoms with Gasteiger partial charge in [0.2, 0.25) is 5.88 Å². The molecule has 1 aliphatic rings. The predicted molar refractivity (Wildman–Crippen MR) is 121 cm³/mol. The number of rotatable bonds is 11. The van der Waals surface area contributed by atoms with Gasteiger partial charge in [0.25, 0.3) is 0 Å². The lowest BCUT2D eigenvalue weighted by Gasteiger charge is -2.28.